The molecule has 0 bridgehead atoms. The molecule has 0 unspecified atom stereocenters. The third-order valence-electron chi connectivity index (χ3n) is 3.11. The van der Waals surface area contributed by atoms with Gasteiger partial charge in [-0.15, -0.1) is 0 Å². The van der Waals surface area contributed by atoms with Crippen molar-refractivity contribution in [1.29, 1.82) is 5.26 Å². The van der Waals surface area contributed by atoms with Crippen molar-refractivity contribution in [1.82, 2.24) is 5.32 Å². The summed E-state index contributed by atoms with van der Waals surface area (Å²) in [6.07, 6.45) is 3.66. The SMILES string of the molecule is CSC(=Nc1ccc(C(=O)Nc2ccccc2C)cc1)NC#N. The van der Waals surface area contributed by atoms with E-state index in [9.17, 15) is 4.79 Å². The van der Waals surface area contributed by atoms with E-state index in [1.54, 1.807) is 24.3 Å². The van der Waals surface area contributed by atoms with E-state index in [2.05, 4.69) is 15.6 Å². The van der Waals surface area contributed by atoms with Crippen molar-refractivity contribution in [3.63, 3.8) is 0 Å². The van der Waals surface area contributed by atoms with Gasteiger partial charge in [0, 0.05) is 11.3 Å². The molecule has 0 heterocycles. The molecule has 0 aliphatic rings. The van der Waals surface area contributed by atoms with Crippen LogP contribution in [0.15, 0.2) is 53.5 Å². The lowest BCUT2D eigenvalue weighted by Gasteiger charge is -2.08. The lowest BCUT2D eigenvalue weighted by Crippen LogP contribution is -2.13. The fourth-order valence-electron chi connectivity index (χ4n) is 1.88. The molecule has 0 fully saturated rings. The van der Waals surface area contributed by atoms with Gasteiger partial charge in [-0.25, -0.2) is 4.99 Å². The quantitative estimate of drug-likeness (QED) is 0.391. The van der Waals surface area contributed by atoms with E-state index in [-0.39, 0.29) is 5.91 Å². The first-order valence-electron chi connectivity index (χ1n) is 6.89. The van der Waals surface area contributed by atoms with Gasteiger partial charge in [0.2, 0.25) is 0 Å². The van der Waals surface area contributed by atoms with Crippen molar-refractivity contribution in [2.45, 2.75) is 6.92 Å². The number of anilines is 1. The van der Waals surface area contributed by atoms with Crippen LogP contribution in [0.5, 0.6) is 0 Å². The predicted octanol–water partition coefficient (Wildman–Crippen LogP) is 3.67. The Bertz CT molecular complexity index is 763. The molecule has 23 heavy (non-hydrogen) atoms. The van der Waals surface area contributed by atoms with Crippen LogP contribution in [-0.2, 0) is 0 Å². The van der Waals surface area contributed by atoms with Crippen LogP contribution in [0.2, 0.25) is 0 Å². The summed E-state index contributed by atoms with van der Waals surface area (Å²) < 4.78 is 0. The molecule has 0 spiro atoms. The molecular formula is C17H16N4OS. The molecule has 0 saturated heterocycles. The van der Waals surface area contributed by atoms with E-state index in [0.29, 0.717) is 16.4 Å². The third kappa shape index (κ3) is 4.59. The predicted molar refractivity (Wildman–Crippen MR) is 94.9 cm³/mol. The Morgan fingerprint density at radius 1 is 1.17 bits per heavy atom. The van der Waals surface area contributed by atoms with Gasteiger partial charge in [-0.1, -0.05) is 30.0 Å². The summed E-state index contributed by atoms with van der Waals surface area (Å²) in [6, 6.07) is 14.5. The van der Waals surface area contributed by atoms with Crippen molar-refractivity contribution < 1.29 is 4.79 Å². The third-order valence-corrected chi connectivity index (χ3v) is 3.69. The second kappa shape index (κ2) is 8.01. The largest absolute Gasteiger partial charge is 0.322 e. The van der Waals surface area contributed by atoms with E-state index >= 15 is 0 Å². The number of amidine groups is 1. The molecule has 2 aromatic rings. The van der Waals surface area contributed by atoms with Crippen LogP contribution in [0.25, 0.3) is 0 Å². The number of thioether (sulfide) groups is 1. The minimum atomic E-state index is -0.171. The van der Waals surface area contributed by atoms with Gasteiger partial charge >= 0.3 is 0 Å². The number of para-hydroxylation sites is 1. The number of nitrogens with one attached hydrogen (secondary N) is 2. The average Bonchev–Trinajstić information content (AvgIpc) is 2.57. The summed E-state index contributed by atoms with van der Waals surface area (Å²) in [6.45, 7) is 1.94. The smallest absolute Gasteiger partial charge is 0.255 e. The number of benzene rings is 2. The number of hydrogen-bond acceptors (Lipinski definition) is 4. The number of amides is 1. The first-order valence-corrected chi connectivity index (χ1v) is 8.11. The zero-order chi connectivity index (χ0) is 16.7. The minimum Gasteiger partial charge on any atom is -0.322 e. The van der Waals surface area contributed by atoms with Gasteiger partial charge in [0.15, 0.2) is 11.4 Å². The number of hydrogen-bond donors (Lipinski definition) is 2. The Balaban J connectivity index is 2.12. The van der Waals surface area contributed by atoms with Crippen molar-refractivity contribution in [2.75, 3.05) is 11.6 Å². The average molecular weight is 324 g/mol. The number of rotatable bonds is 3. The molecule has 0 radical (unpaired) electrons. The lowest BCUT2D eigenvalue weighted by molar-refractivity contribution is 0.102. The molecule has 0 aliphatic carbocycles. The molecule has 1 amide bonds. The Morgan fingerprint density at radius 3 is 2.48 bits per heavy atom. The summed E-state index contributed by atoms with van der Waals surface area (Å²) >= 11 is 1.34. The number of aryl methyl sites for hydroxylation is 1. The van der Waals surface area contributed by atoms with E-state index in [4.69, 9.17) is 5.26 Å². The zero-order valence-corrected chi connectivity index (χ0v) is 13.6. The highest BCUT2D eigenvalue weighted by Gasteiger charge is 2.07. The van der Waals surface area contributed by atoms with E-state index in [1.807, 2.05) is 43.6 Å². The maximum Gasteiger partial charge on any atom is 0.255 e. The van der Waals surface area contributed by atoms with Crippen LogP contribution in [0.4, 0.5) is 11.4 Å². The zero-order valence-electron chi connectivity index (χ0n) is 12.8. The lowest BCUT2D eigenvalue weighted by atomic mass is 10.1. The second-order valence-electron chi connectivity index (χ2n) is 4.67. The maximum absolute atomic E-state index is 12.3. The normalized spacial score (nSPS) is 10.7. The van der Waals surface area contributed by atoms with Gasteiger partial charge in [-0.05, 0) is 49.1 Å². The summed E-state index contributed by atoms with van der Waals surface area (Å²) in [5, 5.41) is 14.5. The van der Waals surface area contributed by atoms with Crippen molar-refractivity contribution in [3.8, 4) is 6.19 Å². The van der Waals surface area contributed by atoms with Gasteiger partial charge in [0.25, 0.3) is 5.91 Å². The van der Waals surface area contributed by atoms with Crippen molar-refractivity contribution in [3.05, 3.63) is 59.7 Å². The van der Waals surface area contributed by atoms with E-state index < -0.39 is 0 Å². The molecule has 2 rings (SSSR count). The maximum atomic E-state index is 12.3. The fraction of sp³-hybridized carbons (Fsp3) is 0.118. The molecule has 0 aromatic heterocycles. The number of nitriles is 1. The highest BCUT2D eigenvalue weighted by Crippen LogP contribution is 2.18. The number of carbonyl (C=O) groups excluding carboxylic acids is 1. The van der Waals surface area contributed by atoms with E-state index in [0.717, 1.165) is 11.3 Å². The van der Waals surface area contributed by atoms with Crippen LogP contribution in [0.3, 0.4) is 0 Å². The molecule has 116 valence electrons. The Hall–Kier alpha value is -2.78. The second-order valence-corrected chi connectivity index (χ2v) is 5.47. The summed E-state index contributed by atoms with van der Waals surface area (Å²) in [4.78, 5) is 16.5. The molecule has 2 aromatic carbocycles. The van der Waals surface area contributed by atoms with Crippen LogP contribution in [0.1, 0.15) is 15.9 Å². The summed E-state index contributed by atoms with van der Waals surface area (Å²) in [5.74, 6) is -0.171. The number of aliphatic imine (C=N–C) groups is 1. The Morgan fingerprint density at radius 2 is 1.87 bits per heavy atom. The Labute approximate surface area is 139 Å². The minimum absolute atomic E-state index is 0.171. The van der Waals surface area contributed by atoms with Gasteiger partial charge in [-0.2, -0.15) is 5.26 Å². The molecule has 0 aliphatic heterocycles. The standard InChI is InChI=1S/C17H16N4OS/c1-12-5-3-4-6-15(12)21-16(22)13-7-9-14(10-8-13)20-17(23-2)19-11-18/h3-10H,1-2H3,(H,19,20)(H,21,22). The topological polar surface area (TPSA) is 77.3 Å². The van der Waals surface area contributed by atoms with Gasteiger partial charge < -0.3 is 5.32 Å². The van der Waals surface area contributed by atoms with Crippen LogP contribution in [-0.4, -0.2) is 17.3 Å². The van der Waals surface area contributed by atoms with Crippen molar-refractivity contribution >= 4 is 34.2 Å². The van der Waals surface area contributed by atoms with Gasteiger partial charge in [0.05, 0.1) is 5.69 Å². The summed E-state index contributed by atoms with van der Waals surface area (Å²) in [5.41, 5.74) is 3.02. The molecule has 6 heteroatoms. The van der Waals surface area contributed by atoms with E-state index in [1.165, 1.54) is 11.8 Å². The van der Waals surface area contributed by atoms with Crippen molar-refractivity contribution in [2.24, 2.45) is 4.99 Å². The molecular weight excluding hydrogens is 308 g/mol. The molecule has 2 N–H and O–H groups in total. The fourth-order valence-corrected chi connectivity index (χ4v) is 2.23. The van der Waals surface area contributed by atoms with Gasteiger partial charge in [0.1, 0.15) is 0 Å². The molecule has 5 nitrogen and oxygen atoms in total. The number of nitrogens with zero attached hydrogens (tertiary/aromatic N) is 2. The van der Waals surface area contributed by atoms with Gasteiger partial charge in [-0.3, -0.25) is 10.1 Å². The highest BCUT2D eigenvalue weighted by molar-refractivity contribution is 8.13. The molecule has 0 atom stereocenters. The van der Waals surface area contributed by atoms with Crippen LogP contribution in [0, 0.1) is 18.4 Å². The Kier molecular flexibility index (Phi) is 5.78. The first-order chi connectivity index (χ1) is 11.1. The number of carbonyl (C=O) groups is 1. The highest BCUT2D eigenvalue weighted by atomic mass is 32.2. The first kappa shape index (κ1) is 16.6. The molecule has 0 saturated carbocycles. The monoisotopic (exact) mass is 324 g/mol. The van der Waals surface area contributed by atoms with Crippen LogP contribution < -0.4 is 10.6 Å². The summed E-state index contributed by atoms with van der Waals surface area (Å²) in [7, 11) is 0. The van der Waals surface area contributed by atoms with Crippen LogP contribution >= 0.6 is 11.8 Å².